The molecular weight excluding hydrogens is 328 g/mol. The second kappa shape index (κ2) is 8.81. The molecule has 2 rings (SSSR count). The van der Waals surface area contributed by atoms with Crippen molar-refractivity contribution in [1.82, 2.24) is 15.0 Å². The summed E-state index contributed by atoms with van der Waals surface area (Å²) in [5.41, 5.74) is 6.89. The topological polar surface area (TPSA) is 101 Å². The summed E-state index contributed by atoms with van der Waals surface area (Å²) in [5.74, 6) is 2.15. The van der Waals surface area contributed by atoms with Crippen LogP contribution in [0.5, 0.6) is 5.75 Å². The number of anilines is 2. The molecule has 1 heterocycles. The van der Waals surface area contributed by atoms with Gasteiger partial charge in [0.2, 0.25) is 11.9 Å². The summed E-state index contributed by atoms with van der Waals surface area (Å²) in [6.07, 6.45) is 2.72. The number of benzene rings is 1. The predicted molar refractivity (Wildman–Crippen MR) is 103 cm³/mol. The lowest BCUT2D eigenvalue weighted by Crippen LogP contribution is -2.15. The smallest absolute Gasteiger partial charge is 0.230 e. The monoisotopic (exact) mass is 352 g/mol. The van der Waals surface area contributed by atoms with E-state index in [2.05, 4.69) is 34.9 Å². The molecule has 0 spiro atoms. The van der Waals surface area contributed by atoms with E-state index in [0.29, 0.717) is 24.0 Å². The molecule has 0 atom stereocenters. The predicted octanol–water partition coefficient (Wildman–Crippen LogP) is 3.01. The van der Waals surface area contributed by atoms with Crippen LogP contribution in [-0.4, -0.2) is 35.7 Å². The summed E-state index contributed by atoms with van der Waals surface area (Å²) < 4.78 is 5.70. The molecule has 0 saturated heterocycles. The molecule has 0 aliphatic rings. The van der Waals surface area contributed by atoms with Gasteiger partial charge in [-0.25, -0.2) is 0 Å². The van der Waals surface area contributed by atoms with Crippen LogP contribution in [0.15, 0.2) is 24.3 Å². The van der Waals surface area contributed by atoms with Crippen molar-refractivity contribution in [3.8, 4) is 11.8 Å². The molecule has 0 radical (unpaired) electrons. The minimum Gasteiger partial charge on any atom is -0.494 e. The molecule has 1 aromatic carbocycles. The van der Waals surface area contributed by atoms with Crippen molar-refractivity contribution in [3.63, 3.8) is 0 Å². The zero-order valence-electron chi connectivity index (χ0n) is 15.6. The highest BCUT2D eigenvalue weighted by molar-refractivity contribution is 5.87. The fraction of sp³-hybridized carbons (Fsp3) is 0.368. The minimum atomic E-state index is 0.0775. The lowest BCUT2D eigenvalue weighted by atomic mass is 10.1. The molecule has 0 amide bonds. The van der Waals surface area contributed by atoms with Gasteiger partial charge < -0.3 is 15.4 Å². The summed E-state index contributed by atoms with van der Waals surface area (Å²) in [5, 5.41) is 9.49. The van der Waals surface area contributed by atoms with E-state index in [-0.39, 0.29) is 11.8 Å². The fourth-order valence-electron chi connectivity index (χ4n) is 2.09. The molecule has 26 heavy (non-hydrogen) atoms. The molecule has 0 aliphatic heterocycles. The molecule has 136 valence electrons. The maximum absolute atomic E-state index is 9.49. The highest BCUT2D eigenvalue weighted by atomic mass is 16.5. The molecular formula is C19H24N6O. The Morgan fingerprint density at radius 2 is 1.92 bits per heavy atom. The Morgan fingerprint density at radius 3 is 2.50 bits per heavy atom. The Kier molecular flexibility index (Phi) is 6.50. The standard InChI is InChI=1S/C19H24N6O/c1-13(2)9-10-26-16-7-5-14(6-8-16)11-15(12-20)17-22-18(21)24-19(23-17)25(3)4/h5-8,11,13H,9-10H2,1-4H3,(H2,21,22,23,24)/b15-11+. The summed E-state index contributed by atoms with van der Waals surface area (Å²) in [6.45, 7) is 5.01. The van der Waals surface area contributed by atoms with Crippen molar-refractivity contribution in [2.75, 3.05) is 31.3 Å². The molecule has 0 aliphatic carbocycles. The van der Waals surface area contributed by atoms with E-state index >= 15 is 0 Å². The zero-order valence-corrected chi connectivity index (χ0v) is 15.6. The first-order valence-electron chi connectivity index (χ1n) is 8.43. The number of hydrogen-bond acceptors (Lipinski definition) is 7. The van der Waals surface area contributed by atoms with Gasteiger partial charge in [-0.3, -0.25) is 0 Å². The van der Waals surface area contributed by atoms with Crippen LogP contribution in [0.25, 0.3) is 11.6 Å². The largest absolute Gasteiger partial charge is 0.494 e. The number of rotatable bonds is 7. The Bertz CT molecular complexity index is 806. The Balaban J connectivity index is 2.20. The Labute approximate surface area is 154 Å². The quantitative estimate of drug-likeness (QED) is 0.764. The summed E-state index contributed by atoms with van der Waals surface area (Å²) in [7, 11) is 3.60. The number of nitriles is 1. The summed E-state index contributed by atoms with van der Waals surface area (Å²) in [6, 6.07) is 9.67. The van der Waals surface area contributed by atoms with Crippen LogP contribution >= 0.6 is 0 Å². The van der Waals surface area contributed by atoms with Gasteiger partial charge in [0.15, 0.2) is 5.82 Å². The Morgan fingerprint density at radius 1 is 1.23 bits per heavy atom. The SMILES string of the molecule is CC(C)CCOc1ccc(/C=C(\C#N)c2nc(N)nc(N(C)C)n2)cc1. The maximum atomic E-state index is 9.49. The maximum Gasteiger partial charge on any atom is 0.230 e. The van der Waals surface area contributed by atoms with E-state index in [4.69, 9.17) is 10.5 Å². The van der Waals surface area contributed by atoms with Gasteiger partial charge in [0, 0.05) is 14.1 Å². The third kappa shape index (κ3) is 5.45. The molecule has 1 aromatic heterocycles. The van der Waals surface area contributed by atoms with Crippen molar-refractivity contribution in [1.29, 1.82) is 5.26 Å². The molecule has 0 fully saturated rings. The lowest BCUT2D eigenvalue weighted by molar-refractivity contribution is 0.289. The first-order chi connectivity index (χ1) is 12.4. The van der Waals surface area contributed by atoms with Gasteiger partial charge in [0.25, 0.3) is 0 Å². The zero-order chi connectivity index (χ0) is 19.1. The first-order valence-corrected chi connectivity index (χ1v) is 8.43. The normalized spacial score (nSPS) is 11.3. The molecule has 7 heteroatoms. The lowest BCUT2D eigenvalue weighted by Gasteiger charge is -2.11. The van der Waals surface area contributed by atoms with Crippen molar-refractivity contribution in [3.05, 3.63) is 35.7 Å². The van der Waals surface area contributed by atoms with Gasteiger partial charge in [-0.1, -0.05) is 26.0 Å². The highest BCUT2D eigenvalue weighted by Gasteiger charge is 2.10. The number of nitrogens with zero attached hydrogens (tertiary/aromatic N) is 5. The Hall–Kier alpha value is -3.14. The van der Waals surface area contributed by atoms with Gasteiger partial charge in [0.1, 0.15) is 11.8 Å². The number of allylic oxidation sites excluding steroid dienone is 1. The molecule has 0 bridgehead atoms. The highest BCUT2D eigenvalue weighted by Crippen LogP contribution is 2.19. The van der Waals surface area contributed by atoms with Crippen LogP contribution in [0.4, 0.5) is 11.9 Å². The van der Waals surface area contributed by atoms with Gasteiger partial charge >= 0.3 is 0 Å². The molecule has 7 nitrogen and oxygen atoms in total. The number of nitrogen functional groups attached to an aromatic ring is 1. The number of nitrogens with two attached hydrogens (primary N) is 1. The second-order valence-corrected chi connectivity index (χ2v) is 6.48. The van der Waals surface area contributed by atoms with E-state index in [1.807, 2.05) is 24.3 Å². The fourth-order valence-corrected chi connectivity index (χ4v) is 2.09. The molecule has 0 saturated carbocycles. The van der Waals surface area contributed by atoms with E-state index in [9.17, 15) is 5.26 Å². The number of ether oxygens (including phenoxy) is 1. The average Bonchev–Trinajstić information content (AvgIpc) is 2.60. The van der Waals surface area contributed by atoms with Gasteiger partial charge in [-0.2, -0.15) is 20.2 Å². The number of hydrogen-bond donors (Lipinski definition) is 1. The van der Waals surface area contributed by atoms with Crippen molar-refractivity contribution < 1.29 is 4.74 Å². The van der Waals surface area contributed by atoms with Crippen LogP contribution in [0.1, 0.15) is 31.7 Å². The molecule has 2 aromatic rings. The van der Waals surface area contributed by atoms with E-state index < -0.39 is 0 Å². The molecule has 2 N–H and O–H groups in total. The minimum absolute atomic E-state index is 0.0775. The van der Waals surface area contributed by atoms with Crippen molar-refractivity contribution in [2.45, 2.75) is 20.3 Å². The van der Waals surface area contributed by atoms with Crippen LogP contribution < -0.4 is 15.4 Å². The average molecular weight is 352 g/mol. The summed E-state index contributed by atoms with van der Waals surface area (Å²) >= 11 is 0. The van der Waals surface area contributed by atoms with E-state index in [0.717, 1.165) is 17.7 Å². The van der Waals surface area contributed by atoms with E-state index in [1.165, 1.54) is 0 Å². The van der Waals surface area contributed by atoms with Crippen LogP contribution in [0.3, 0.4) is 0 Å². The second-order valence-electron chi connectivity index (χ2n) is 6.48. The third-order valence-electron chi connectivity index (χ3n) is 3.56. The first kappa shape index (κ1) is 19.2. The third-order valence-corrected chi connectivity index (χ3v) is 3.56. The molecule has 0 unspecified atom stereocenters. The summed E-state index contributed by atoms with van der Waals surface area (Å²) in [4.78, 5) is 14.1. The van der Waals surface area contributed by atoms with Gasteiger partial charge in [-0.05, 0) is 36.1 Å². The van der Waals surface area contributed by atoms with Crippen molar-refractivity contribution in [2.24, 2.45) is 5.92 Å². The van der Waals surface area contributed by atoms with Crippen LogP contribution in [0, 0.1) is 17.2 Å². The van der Waals surface area contributed by atoms with Gasteiger partial charge in [-0.15, -0.1) is 0 Å². The van der Waals surface area contributed by atoms with Crippen molar-refractivity contribution >= 4 is 23.5 Å². The number of aromatic nitrogens is 3. The van der Waals surface area contributed by atoms with Gasteiger partial charge in [0.05, 0.1) is 12.2 Å². The van der Waals surface area contributed by atoms with Crippen LogP contribution in [0.2, 0.25) is 0 Å². The van der Waals surface area contributed by atoms with Crippen LogP contribution in [-0.2, 0) is 0 Å². The van der Waals surface area contributed by atoms with E-state index in [1.54, 1.807) is 25.1 Å².